The summed E-state index contributed by atoms with van der Waals surface area (Å²) in [4.78, 5) is 41.8. The summed E-state index contributed by atoms with van der Waals surface area (Å²) in [7, 11) is 0. The van der Waals surface area contributed by atoms with E-state index in [4.69, 9.17) is 0 Å². The molecule has 0 radical (unpaired) electrons. The van der Waals surface area contributed by atoms with Crippen LogP contribution in [-0.4, -0.2) is 43.6 Å². The molecule has 0 atom stereocenters. The molecule has 0 spiro atoms. The first-order valence-corrected chi connectivity index (χ1v) is 6.30. The Hall–Kier alpha value is -3.16. The molecule has 0 aliphatic carbocycles. The normalized spacial score (nSPS) is 8.17. The monoisotopic (exact) mass is 324 g/mol. The van der Waals surface area contributed by atoms with E-state index in [0.29, 0.717) is 0 Å². The fourth-order valence-corrected chi connectivity index (χ4v) is 0.765. The average molecular weight is 324 g/mol. The van der Waals surface area contributed by atoms with E-state index < -0.39 is 11.9 Å². The van der Waals surface area contributed by atoms with Crippen LogP contribution in [0.5, 0.6) is 0 Å². The Kier molecular flexibility index (Phi) is 14.7. The number of hydrogen-bond donors (Lipinski definition) is 2. The van der Waals surface area contributed by atoms with Gasteiger partial charge in [-0.25, -0.2) is 9.59 Å². The lowest BCUT2D eigenvalue weighted by Crippen LogP contribution is -2.35. The van der Waals surface area contributed by atoms with Crippen LogP contribution in [0.1, 0.15) is 0 Å². The Bertz CT molecular complexity index is 429. The van der Waals surface area contributed by atoms with Gasteiger partial charge < -0.3 is 20.1 Å². The number of amides is 2. The molecule has 0 aliphatic rings. The molecule has 0 aliphatic heterocycles. The summed E-state index contributed by atoms with van der Waals surface area (Å²) in [6.07, 6.45) is 4.32. The third-order valence-electron chi connectivity index (χ3n) is 1.80. The standard InChI is InChI=1S/C8H10O4.C7H10N2O2/c1-3-7(9)11-5-6-12-8(10)4-2;1-3-6(10)8-5-9-7(11)4-2/h3-4H,1-2,5-6H2;3-4H,1-2,5H2,(H,8,10)(H,9,11). The van der Waals surface area contributed by atoms with Crippen molar-refractivity contribution in [3.8, 4) is 0 Å². The lowest BCUT2D eigenvalue weighted by molar-refractivity contribution is -0.146. The van der Waals surface area contributed by atoms with Gasteiger partial charge in [0.15, 0.2) is 0 Å². The highest BCUT2D eigenvalue weighted by molar-refractivity contribution is 5.89. The fraction of sp³-hybridized carbons (Fsp3) is 0.200. The average Bonchev–Trinajstić information content (AvgIpc) is 2.58. The second-order valence-electron chi connectivity index (χ2n) is 3.41. The van der Waals surface area contributed by atoms with Crippen LogP contribution in [0, 0.1) is 0 Å². The summed E-state index contributed by atoms with van der Waals surface area (Å²) in [5.74, 6) is -1.72. The molecule has 8 heteroatoms. The van der Waals surface area contributed by atoms with Gasteiger partial charge in [-0.3, -0.25) is 9.59 Å². The van der Waals surface area contributed by atoms with Gasteiger partial charge in [-0.05, 0) is 12.2 Å². The van der Waals surface area contributed by atoms with E-state index in [-0.39, 0.29) is 31.7 Å². The van der Waals surface area contributed by atoms with Crippen molar-refractivity contribution in [3.63, 3.8) is 0 Å². The summed E-state index contributed by atoms with van der Waals surface area (Å²) < 4.78 is 9.04. The maximum atomic E-state index is 10.5. The topological polar surface area (TPSA) is 111 Å². The smallest absolute Gasteiger partial charge is 0.330 e. The van der Waals surface area contributed by atoms with Crippen LogP contribution in [0.3, 0.4) is 0 Å². The first kappa shape index (κ1) is 22.1. The number of carbonyl (C=O) groups excluding carboxylic acids is 4. The van der Waals surface area contributed by atoms with Crippen LogP contribution in [-0.2, 0) is 28.7 Å². The van der Waals surface area contributed by atoms with E-state index in [2.05, 4.69) is 46.4 Å². The first-order chi connectivity index (χ1) is 10.9. The van der Waals surface area contributed by atoms with Gasteiger partial charge in [-0.1, -0.05) is 26.3 Å². The zero-order valence-corrected chi connectivity index (χ0v) is 12.7. The van der Waals surface area contributed by atoms with Crippen molar-refractivity contribution in [3.05, 3.63) is 50.6 Å². The van der Waals surface area contributed by atoms with Crippen molar-refractivity contribution in [2.24, 2.45) is 0 Å². The third kappa shape index (κ3) is 16.8. The second-order valence-corrected chi connectivity index (χ2v) is 3.41. The van der Waals surface area contributed by atoms with E-state index in [1.807, 2.05) is 0 Å². The molecule has 0 unspecified atom stereocenters. The number of rotatable bonds is 9. The number of nitrogens with one attached hydrogen (secondary N) is 2. The van der Waals surface area contributed by atoms with Gasteiger partial charge in [-0.15, -0.1) is 0 Å². The fourth-order valence-electron chi connectivity index (χ4n) is 0.765. The SMILES string of the molecule is C=CC(=O)NCNC(=O)C=C.C=CC(=O)OCCOC(=O)C=C. The Balaban J connectivity index is 0. The summed E-state index contributed by atoms with van der Waals surface area (Å²) in [6.45, 7) is 13.0. The summed E-state index contributed by atoms with van der Waals surface area (Å²) in [5, 5.41) is 4.72. The molecule has 2 N–H and O–H groups in total. The summed E-state index contributed by atoms with van der Waals surface area (Å²) >= 11 is 0. The van der Waals surface area contributed by atoms with Gasteiger partial charge in [0.2, 0.25) is 11.8 Å². The number of carbonyl (C=O) groups is 4. The van der Waals surface area contributed by atoms with Crippen LogP contribution in [0.25, 0.3) is 0 Å². The summed E-state index contributed by atoms with van der Waals surface area (Å²) in [5.41, 5.74) is 0. The molecule has 0 heterocycles. The molecule has 2 amide bonds. The Morgan fingerprint density at radius 1 is 0.696 bits per heavy atom. The molecule has 126 valence electrons. The molecule has 0 aromatic carbocycles. The second kappa shape index (κ2) is 15.2. The minimum atomic E-state index is -0.537. The van der Waals surface area contributed by atoms with Crippen molar-refractivity contribution in [2.75, 3.05) is 19.9 Å². The Morgan fingerprint density at radius 2 is 1.04 bits per heavy atom. The van der Waals surface area contributed by atoms with Crippen molar-refractivity contribution in [1.82, 2.24) is 10.6 Å². The molecule has 23 heavy (non-hydrogen) atoms. The van der Waals surface area contributed by atoms with Gasteiger partial charge >= 0.3 is 11.9 Å². The van der Waals surface area contributed by atoms with Crippen molar-refractivity contribution < 1.29 is 28.7 Å². The highest BCUT2D eigenvalue weighted by atomic mass is 16.6. The maximum Gasteiger partial charge on any atom is 0.330 e. The molecule has 0 saturated carbocycles. The molecule has 0 rings (SSSR count). The van der Waals surface area contributed by atoms with Crippen LogP contribution < -0.4 is 10.6 Å². The van der Waals surface area contributed by atoms with E-state index in [9.17, 15) is 19.2 Å². The van der Waals surface area contributed by atoms with Gasteiger partial charge in [0, 0.05) is 12.2 Å². The zero-order chi connectivity index (χ0) is 18.1. The van der Waals surface area contributed by atoms with Crippen LogP contribution >= 0.6 is 0 Å². The number of ether oxygens (including phenoxy) is 2. The maximum absolute atomic E-state index is 10.5. The highest BCUT2D eigenvalue weighted by Crippen LogP contribution is 1.82. The predicted molar refractivity (Wildman–Crippen MR) is 83.9 cm³/mol. The van der Waals surface area contributed by atoms with Crippen LogP contribution in [0.15, 0.2) is 50.6 Å². The van der Waals surface area contributed by atoms with Crippen molar-refractivity contribution >= 4 is 23.8 Å². The number of hydrogen-bond acceptors (Lipinski definition) is 6. The third-order valence-corrected chi connectivity index (χ3v) is 1.80. The molecular formula is C15H20N2O6. The predicted octanol–water partition coefficient (Wildman–Crippen LogP) is -0.00690. The molecule has 0 aromatic rings. The van der Waals surface area contributed by atoms with Gasteiger partial charge in [0.1, 0.15) is 13.2 Å². The quantitative estimate of drug-likeness (QED) is 0.267. The summed E-state index contributed by atoms with van der Waals surface area (Å²) in [6, 6.07) is 0. The number of esters is 2. The molecule has 0 bridgehead atoms. The van der Waals surface area contributed by atoms with Crippen molar-refractivity contribution in [1.29, 1.82) is 0 Å². The molecular weight excluding hydrogens is 304 g/mol. The van der Waals surface area contributed by atoms with Crippen molar-refractivity contribution in [2.45, 2.75) is 0 Å². The van der Waals surface area contributed by atoms with Crippen LogP contribution in [0.4, 0.5) is 0 Å². The van der Waals surface area contributed by atoms with Gasteiger partial charge in [-0.2, -0.15) is 0 Å². The molecule has 0 aromatic heterocycles. The van der Waals surface area contributed by atoms with E-state index in [1.54, 1.807) is 0 Å². The molecule has 0 fully saturated rings. The highest BCUT2D eigenvalue weighted by Gasteiger charge is 1.97. The zero-order valence-electron chi connectivity index (χ0n) is 12.7. The molecule has 8 nitrogen and oxygen atoms in total. The van der Waals surface area contributed by atoms with Gasteiger partial charge in [0.25, 0.3) is 0 Å². The minimum absolute atomic E-state index is 0.0322. The lowest BCUT2D eigenvalue weighted by Gasteiger charge is -2.01. The molecule has 0 saturated heterocycles. The minimum Gasteiger partial charge on any atom is -0.459 e. The largest absolute Gasteiger partial charge is 0.459 e. The Morgan fingerprint density at radius 3 is 1.30 bits per heavy atom. The van der Waals surface area contributed by atoms with Gasteiger partial charge in [0.05, 0.1) is 6.67 Å². The van der Waals surface area contributed by atoms with E-state index in [0.717, 1.165) is 24.3 Å². The Labute approximate surface area is 134 Å². The van der Waals surface area contributed by atoms with Crippen LogP contribution in [0.2, 0.25) is 0 Å². The van der Waals surface area contributed by atoms with E-state index in [1.165, 1.54) is 0 Å². The first-order valence-electron chi connectivity index (χ1n) is 6.30. The van der Waals surface area contributed by atoms with E-state index >= 15 is 0 Å². The lowest BCUT2D eigenvalue weighted by atomic mass is 10.5.